The molecule has 4 nitrogen and oxygen atoms in total. The average molecular weight is 380 g/mol. The number of carbonyl (C=O) groups excluding carboxylic acids is 1. The Morgan fingerprint density at radius 2 is 1.92 bits per heavy atom. The summed E-state index contributed by atoms with van der Waals surface area (Å²) in [4.78, 5) is 17.6. The standard InChI is InChI=1S/C20H14ClN3OS/c21-17-8-6-15(7-9-17)10-16(12-22)19(25)24-20-23-13-18(26-20)11-14-4-2-1-3-5-14/h1-10,13H,11H2,(H,23,24,25)/b16-10+. The van der Waals surface area contributed by atoms with Gasteiger partial charge in [0.2, 0.25) is 0 Å². The van der Waals surface area contributed by atoms with E-state index in [1.807, 2.05) is 36.4 Å². The zero-order valence-electron chi connectivity index (χ0n) is 13.6. The normalized spacial score (nSPS) is 11.0. The molecule has 0 aliphatic rings. The largest absolute Gasteiger partial charge is 0.297 e. The zero-order chi connectivity index (χ0) is 18.4. The van der Waals surface area contributed by atoms with Crippen LogP contribution in [-0.2, 0) is 11.2 Å². The van der Waals surface area contributed by atoms with Gasteiger partial charge in [0.05, 0.1) is 0 Å². The van der Waals surface area contributed by atoms with Gasteiger partial charge in [-0.1, -0.05) is 54.1 Å². The van der Waals surface area contributed by atoms with E-state index in [1.165, 1.54) is 23.0 Å². The van der Waals surface area contributed by atoms with Crippen molar-refractivity contribution in [2.24, 2.45) is 0 Å². The van der Waals surface area contributed by atoms with Crippen molar-refractivity contribution >= 4 is 40.1 Å². The molecule has 0 atom stereocenters. The van der Waals surface area contributed by atoms with E-state index in [4.69, 9.17) is 11.6 Å². The molecule has 1 N–H and O–H groups in total. The van der Waals surface area contributed by atoms with E-state index in [-0.39, 0.29) is 5.57 Å². The van der Waals surface area contributed by atoms with Crippen LogP contribution >= 0.6 is 22.9 Å². The molecule has 0 unspecified atom stereocenters. The second-order valence-corrected chi connectivity index (χ2v) is 7.02. The lowest BCUT2D eigenvalue weighted by Gasteiger charge is -2.00. The Balaban J connectivity index is 1.69. The molecule has 3 aromatic rings. The Bertz CT molecular complexity index is 972. The molecule has 26 heavy (non-hydrogen) atoms. The first-order valence-corrected chi connectivity index (χ1v) is 9.01. The van der Waals surface area contributed by atoms with Gasteiger partial charge in [-0.2, -0.15) is 5.26 Å². The fourth-order valence-corrected chi connectivity index (χ4v) is 3.25. The number of nitrogens with zero attached hydrogens (tertiary/aromatic N) is 2. The van der Waals surface area contributed by atoms with Gasteiger partial charge >= 0.3 is 0 Å². The fraction of sp³-hybridized carbons (Fsp3) is 0.0500. The van der Waals surface area contributed by atoms with Gasteiger partial charge in [-0.15, -0.1) is 11.3 Å². The maximum absolute atomic E-state index is 12.3. The first-order valence-electron chi connectivity index (χ1n) is 7.81. The third-order valence-electron chi connectivity index (χ3n) is 3.54. The Labute approximate surface area is 160 Å². The predicted molar refractivity (Wildman–Crippen MR) is 105 cm³/mol. The van der Waals surface area contributed by atoms with Crippen molar-refractivity contribution in [1.82, 2.24) is 4.98 Å². The number of aromatic nitrogens is 1. The van der Waals surface area contributed by atoms with Crippen LogP contribution in [0.15, 0.2) is 66.4 Å². The Morgan fingerprint density at radius 1 is 1.19 bits per heavy atom. The zero-order valence-corrected chi connectivity index (χ0v) is 15.2. The van der Waals surface area contributed by atoms with E-state index in [2.05, 4.69) is 10.3 Å². The Morgan fingerprint density at radius 3 is 2.62 bits per heavy atom. The second-order valence-electron chi connectivity index (χ2n) is 5.47. The van der Waals surface area contributed by atoms with E-state index in [1.54, 1.807) is 30.5 Å². The van der Waals surface area contributed by atoms with Crippen molar-refractivity contribution in [1.29, 1.82) is 5.26 Å². The highest BCUT2D eigenvalue weighted by molar-refractivity contribution is 7.15. The average Bonchev–Trinajstić information content (AvgIpc) is 3.08. The molecule has 1 aromatic heterocycles. The van der Waals surface area contributed by atoms with Crippen LogP contribution in [-0.4, -0.2) is 10.9 Å². The molecule has 0 saturated heterocycles. The molecule has 0 aliphatic carbocycles. The highest BCUT2D eigenvalue weighted by Gasteiger charge is 2.12. The second kappa shape index (κ2) is 8.43. The fourth-order valence-electron chi connectivity index (χ4n) is 2.28. The van der Waals surface area contributed by atoms with Gasteiger partial charge in [-0.3, -0.25) is 10.1 Å². The highest BCUT2D eigenvalue weighted by Crippen LogP contribution is 2.22. The molecule has 1 amide bonds. The molecular weight excluding hydrogens is 366 g/mol. The smallest absolute Gasteiger partial charge is 0.268 e. The number of amides is 1. The van der Waals surface area contributed by atoms with E-state index in [0.717, 1.165) is 16.9 Å². The van der Waals surface area contributed by atoms with E-state index >= 15 is 0 Å². The lowest BCUT2D eigenvalue weighted by atomic mass is 10.1. The summed E-state index contributed by atoms with van der Waals surface area (Å²) in [5, 5.41) is 13.0. The lowest BCUT2D eigenvalue weighted by molar-refractivity contribution is -0.112. The summed E-state index contributed by atoms with van der Waals surface area (Å²) in [6, 6.07) is 18.9. The van der Waals surface area contributed by atoms with Gasteiger partial charge in [0.1, 0.15) is 11.6 Å². The first kappa shape index (κ1) is 17.9. The SMILES string of the molecule is N#C/C(=C\c1ccc(Cl)cc1)C(=O)Nc1ncc(Cc2ccccc2)s1. The molecule has 6 heteroatoms. The summed E-state index contributed by atoms with van der Waals surface area (Å²) >= 11 is 7.24. The Kier molecular flexibility index (Phi) is 5.80. The summed E-state index contributed by atoms with van der Waals surface area (Å²) < 4.78 is 0. The minimum atomic E-state index is -0.483. The number of nitrogens with one attached hydrogen (secondary N) is 1. The topological polar surface area (TPSA) is 65.8 Å². The van der Waals surface area contributed by atoms with Crippen LogP contribution in [0.4, 0.5) is 5.13 Å². The molecule has 0 saturated carbocycles. The van der Waals surface area contributed by atoms with E-state index in [0.29, 0.717) is 10.2 Å². The first-order chi connectivity index (χ1) is 12.6. The van der Waals surface area contributed by atoms with Crippen molar-refractivity contribution in [3.63, 3.8) is 0 Å². The molecular formula is C20H14ClN3OS. The number of halogens is 1. The third kappa shape index (κ3) is 4.79. The van der Waals surface area contributed by atoms with Gasteiger partial charge in [0, 0.05) is 22.5 Å². The number of thiazole rings is 1. The van der Waals surface area contributed by atoms with Crippen LogP contribution < -0.4 is 5.32 Å². The number of nitriles is 1. The summed E-state index contributed by atoms with van der Waals surface area (Å²) in [5.41, 5.74) is 1.91. The minimum Gasteiger partial charge on any atom is -0.297 e. The van der Waals surface area contributed by atoms with Crippen LogP contribution in [0.2, 0.25) is 5.02 Å². The Hall–Kier alpha value is -2.94. The van der Waals surface area contributed by atoms with Crippen molar-refractivity contribution in [3.05, 3.63) is 87.4 Å². The van der Waals surface area contributed by atoms with Gasteiger partial charge in [0.15, 0.2) is 5.13 Å². The monoisotopic (exact) mass is 379 g/mol. The lowest BCUT2D eigenvalue weighted by Crippen LogP contribution is -2.13. The van der Waals surface area contributed by atoms with Crippen molar-refractivity contribution in [3.8, 4) is 6.07 Å². The van der Waals surface area contributed by atoms with Crippen LogP contribution in [0.25, 0.3) is 6.08 Å². The van der Waals surface area contributed by atoms with Crippen LogP contribution in [0.5, 0.6) is 0 Å². The van der Waals surface area contributed by atoms with Crippen LogP contribution in [0.1, 0.15) is 16.0 Å². The molecule has 3 rings (SSSR count). The maximum atomic E-state index is 12.3. The third-order valence-corrected chi connectivity index (χ3v) is 4.71. The number of anilines is 1. The number of rotatable bonds is 5. The minimum absolute atomic E-state index is 0.00660. The molecule has 0 fully saturated rings. The molecule has 2 aromatic carbocycles. The van der Waals surface area contributed by atoms with E-state index in [9.17, 15) is 10.1 Å². The predicted octanol–water partition coefficient (Wildman–Crippen LogP) is 4.93. The summed E-state index contributed by atoms with van der Waals surface area (Å²) in [7, 11) is 0. The van der Waals surface area contributed by atoms with Gasteiger partial charge in [0.25, 0.3) is 5.91 Å². The van der Waals surface area contributed by atoms with Crippen molar-refractivity contribution < 1.29 is 4.79 Å². The summed E-state index contributed by atoms with van der Waals surface area (Å²) in [6.45, 7) is 0. The molecule has 128 valence electrons. The van der Waals surface area contributed by atoms with Crippen molar-refractivity contribution in [2.75, 3.05) is 5.32 Å². The molecule has 0 aliphatic heterocycles. The molecule has 1 heterocycles. The van der Waals surface area contributed by atoms with Gasteiger partial charge in [-0.25, -0.2) is 4.98 Å². The number of carbonyl (C=O) groups is 1. The maximum Gasteiger partial charge on any atom is 0.268 e. The summed E-state index contributed by atoms with van der Waals surface area (Å²) in [6.07, 6.45) is 4.01. The van der Waals surface area contributed by atoms with E-state index < -0.39 is 5.91 Å². The van der Waals surface area contributed by atoms with Crippen LogP contribution in [0.3, 0.4) is 0 Å². The number of hydrogen-bond acceptors (Lipinski definition) is 4. The highest BCUT2D eigenvalue weighted by atomic mass is 35.5. The van der Waals surface area contributed by atoms with Gasteiger partial charge in [-0.05, 0) is 29.3 Å². The summed E-state index contributed by atoms with van der Waals surface area (Å²) in [5.74, 6) is -0.483. The number of hydrogen-bond donors (Lipinski definition) is 1. The number of benzene rings is 2. The molecule has 0 bridgehead atoms. The quantitative estimate of drug-likeness (QED) is 0.504. The van der Waals surface area contributed by atoms with Crippen LogP contribution in [0, 0.1) is 11.3 Å². The van der Waals surface area contributed by atoms with Gasteiger partial charge < -0.3 is 0 Å². The van der Waals surface area contributed by atoms with Crippen molar-refractivity contribution in [2.45, 2.75) is 6.42 Å². The molecule has 0 radical (unpaired) electrons. The molecule has 0 spiro atoms.